The summed E-state index contributed by atoms with van der Waals surface area (Å²) in [6, 6.07) is 5.44. The van der Waals surface area contributed by atoms with Crippen LogP contribution in [-0.4, -0.2) is 80.7 Å². The van der Waals surface area contributed by atoms with E-state index in [1.54, 1.807) is 13.2 Å². The number of nitrogens with zero attached hydrogens (tertiary/aromatic N) is 2. The van der Waals surface area contributed by atoms with Crippen LogP contribution in [0, 0.1) is 0 Å². The number of nitrogens with one attached hydrogen (secondary N) is 1. The summed E-state index contributed by atoms with van der Waals surface area (Å²) in [5.74, 6) is 0.754. The molecule has 2 heterocycles. The van der Waals surface area contributed by atoms with Gasteiger partial charge in [0.2, 0.25) is 5.91 Å². The fourth-order valence-corrected chi connectivity index (χ4v) is 3.58. The van der Waals surface area contributed by atoms with Gasteiger partial charge in [-0.1, -0.05) is 11.6 Å². The molecule has 2 aliphatic rings. The lowest BCUT2D eigenvalue weighted by molar-refractivity contribution is -0.139. The Morgan fingerprint density at radius 2 is 2.07 bits per heavy atom. The Hall–Kier alpha value is -1.83. The molecule has 0 aliphatic carbocycles. The SMILES string of the molecule is COCCCNC(=O)CN1CCN(C(=O)C2Cc3cc(Cl)ccc3O2)CC1. The topological polar surface area (TPSA) is 71.1 Å². The molecule has 1 aromatic rings. The Kier molecular flexibility index (Phi) is 6.93. The second-order valence-corrected chi connectivity index (χ2v) is 7.30. The highest BCUT2D eigenvalue weighted by molar-refractivity contribution is 6.30. The van der Waals surface area contributed by atoms with E-state index in [1.165, 1.54) is 0 Å². The van der Waals surface area contributed by atoms with Gasteiger partial charge in [0.05, 0.1) is 6.54 Å². The molecular formula is C19H26ClN3O4. The van der Waals surface area contributed by atoms with Gasteiger partial charge in [-0.3, -0.25) is 14.5 Å². The van der Waals surface area contributed by atoms with E-state index in [2.05, 4.69) is 10.2 Å². The minimum absolute atomic E-state index is 0.00555. The fraction of sp³-hybridized carbons (Fsp3) is 0.579. The van der Waals surface area contributed by atoms with Gasteiger partial charge in [0.15, 0.2) is 6.10 Å². The molecule has 2 aliphatic heterocycles. The third-order valence-electron chi connectivity index (χ3n) is 4.87. The molecule has 1 aromatic carbocycles. The smallest absolute Gasteiger partial charge is 0.264 e. The van der Waals surface area contributed by atoms with Crippen molar-refractivity contribution in [3.63, 3.8) is 0 Å². The summed E-state index contributed by atoms with van der Waals surface area (Å²) in [6.45, 7) is 4.19. The third kappa shape index (κ3) is 5.34. The number of hydrogen-bond donors (Lipinski definition) is 1. The van der Waals surface area contributed by atoms with Gasteiger partial charge < -0.3 is 19.7 Å². The Balaban J connectivity index is 1.40. The molecule has 0 bridgehead atoms. The summed E-state index contributed by atoms with van der Waals surface area (Å²) in [4.78, 5) is 28.6. The number of carbonyl (C=O) groups is 2. The van der Waals surface area contributed by atoms with E-state index in [4.69, 9.17) is 21.1 Å². The van der Waals surface area contributed by atoms with E-state index >= 15 is 0 Å². The Morgan fingerprint density at radius 3 is 2.81 bits per heavy atom. The first kappa shape index (κ1) is 19.9. The van der Waals surface area contributed by atoms with E-state index in [9.17, 15) is 9.59 Å². The lowest BCUT2D eigenvalue weighted by atomic mass is 10.1. The van der Waals surface area contributed by atoms with Crippen molar-refractivity contribution in [3.05, 3.63) is 28.8 Å². The molecule has 0 radical (unpaired) electrons. The molecular weight excluding hydrogens is 370 g/mol. The highest BCUT2D eigenvalue weighted by Crippen LogP contribution is 2.31. The maximum absolute atomic E-state index is 12.7. The van der Waals surface area contributed by atoms with Crippen LogP contribution in [0.1, 0.15) is 12.0 Å². The van der Waals surface area contributed by atoms with Crippen molar-refractivity contribution in [2.75, 3.05) is 53.0 Å². The summed E-state index contributed by atoms with van der Waals surface area (Å²) in [5.41, 5.74) is 0.977. The first-order chi connectivity index (χ1) is 13.1. The van der Waals surface area contributed by atoms with Crippen LogP contribution in [0.15, 0.2) is 18.2 Å². The zero-order valence-electron chi connectivity index (χ0n) is 15.6. The number of ether oxygens (including phenoxy) is 2. The number of piperazine rings is 1. The molecule has 8 heteroatoms. The van der Waals surface area contributed by atoms with Crippen molar-refractivity contribution in [2.45, 2.75) is 18.9 Å². The van der Waals surface area contributed by atoms with Gasteiger partial charge in [0, 0.05) is 57.9 Å². The lowest BCUT2D eigenvalue weighted by Crippen LogP contribution is -2.53. The van der Waals surface area contributed by atoms with Crippen LogP contribution in [0.5, 0.6) is 5.75 Å². The molecule has 3 rings (SSSR count). The Bertz CT molecular complexity index is 677. The number of benzene rings is 1. The van der Waals surface area contributed by atoms with Crippen LogP contribution in [0.2, 0.25) is 5.02 Å². The van der Waals surface area contributed by atoms with Crippen LogP contribution >= 0.6 is 11.6 Å². The maximum atomic E-state index is 12.7. The van der Waals surface area contributed by atoms with E-state index in [0.29, 0.717) is 57.3 Å². The van der Waals surface area contributed by atoms with Crippen LogP contribution in [0.3, 0.4) is 0 Å². The molecule has 1 N–H and O–H groups in total. The molecule has 27 heavy (non-hydrogen) atoms. The van der Waals surface area contributed by atoms with Gasteiger partial charge >= 0.3 is 0 Å². The maximum Gasteiger partial charge on any atom is 0.264 e. The van der Waals surface area contributed by atoms with Crippen molar-refractivity contribution in [1.29, 1.82) is 0 Å². The zero-order valence-corrected chi connectivity index (χ0v) is 16.3. The molecule has 0 spiro atoms. The Morgan fingerprint density at radius 1 is 1.30 bits per heavy atom. The largest absolute Gasteiger partial charge is 0.480 e. The number of fused-ring (bicyclic) bond motifs is 1. The van der Waals surface area contributed by atoms with Crippen LogP contribution in [0.4, 0.5) is 0 Å². The Labute approximate surface area is 164 Å². The highest BCUT2D eigenvalue weighted by atomic mass is 35.5. The molecule has 148 valence electrons. The zero-order chi connectivity index (χ0) is 19.2. The van der Waals surface area contributed by atoms with Crippen molar-refractivity contribution in [1.82, 2.24) is 15.1 Å². The van der Waals surface area contributed by atoms with Gasteiger partial charge in [-0.2, -0.15) is 0 Å². The second-order valence-electron chi connectivity index (χ2n) is 6.86. The van der Waals surface area contributed by atoms with E-state index in [1.807, 2.05) is 17.0 Å². The number of halogens is 1. The van der Waals surface area contributed by atoms with Gasteiger partial charge in [-0.05, 0) is 30.2 Å². The normalized spacial score (nSPS) is 19.5. The summed E-state index contributed by atoms with van der Waals surface area (Å²) in [5, 5.41) is 3.54. The molecule has 1 atom stereocenters. The number of rotatable bonds is 7. The van der Waals surface area contributed by atoms with E-state index < -0.39 is 6.10 Å². The van der Waals surface area contributed by atoms with Gasteiger partial charge in [-0.25, -0.2) is 0 Å². The number of amides is 2. The molecule has 1 fully saturated rings. The van der Waals surface area contributed by atoms with Crippen molar-refractivity contribution in [2.24, 2.45) is 0 Å². The van der Waals surface area contributed by atoms with Gasteiger partial charge in [0.25, 0.3) is 5.91 Å². The average Bonchev–Trinajstić information content (AvgIpc) is 3.08. The summed E-state index contributed by atoms with van der Waals surface area (Å²) in [7, 11) is 1.65. The van der Waals surface area contributed by atoms with Gasteiger partial charge in [-0.15, -0.1) is 0 Å². The van der Waals surface area contributed by atoms with Gasteiger partial charge in [0.1, 0.15) is 5.75 Å². The summed E-state index contributed by atoms with van der Waals surface area (Å²) < 4.78 is 10.8. The first-order valence-electron chi connectivity index (χ1n) is 9.28. The predicted molar refractivity (Wildman–Crippen MR) is 102 cm³/mol. The fourth-order valence-electron chi connectivity index (χ4n) is 3.39. The summed E-state index contributed by atoms with van der Waals surface area (Å²) in [6.07, 6.45) is 0.882. The quantitative estimate of drug-likeness (QED) is 0.696. The van der Waals surface area contributed by atoms with Crippen LogP contribution in [-0.2, 0) is 20.7 Å². The summed E-state index contributed by atoms with van der Waals surface area (Å²) >= 11 is 6.01. The first-order valence-corrected chi connectivity index (χ1v) is 9.66. The molecule has 0 saturated carbocycles. The van der Waals surface area contributed by atoms with Crippen LogP contribution < -0.4 is 10.1 Å². The number of hydrogen-bond acceptors (Lipinski definition) is 5. The molecule has 7 nitrogen and oxygen atoms in total. The minimum atomic E-state index is -0.478. The molecule has 1 saturated heterocycles. The molecule has 2 amide bonds. The van der Waals surface area contributed by atoms with Crippen molar-refractivity contribution < 1.29 is 19.1 Å². The van der Waals surface area contributed by atoms with E-state index in [-0.39, 0.29) is 11.8 Å². The third-order valence-corrected chi connectivity index (χ3v) is 5.11. The predicted octanol–water partition coefficient (Wildman–Crippen LogP) is 0.940. The lowest BCUT2D eigenvalue weighted by Gasteiger charge is -2.35. The molecule has 0 aromatic heterocycles. The highest BCUT2D eigenvalue weighted by Gasteiger charge is 2.34. The second kappa shape index (κ2) is 9.39. The van der Waals surface area contributed by atoms with E-state index in [0.717, 1.165) is 17.7 Å². The number of methoxy groups -OCH3 is 1. The monoisotopic (exact) mass is 395 g/mol. The van der Waals surface area contributed by atoms with Crippen LogP contribution in [0.25, 0.3) is 0 Å². The standard InChI is InChI=1S/C19H26ClN3O4/c1-26-10-2-5-21-18(24)13-22-6-8-23(9-7-22)19(25)17-12-14-11-15(20)3-4-16(14)27-17/h3-4,11,17H,2,5-10,12-13H2,1H3,(H,21,24). The number of carbonyl (C=O) groups excluding carboxylic acids is 2. The average molecular weight is 396 g/mol. The minimum Gasteiger partial charge on any atom is -0.480 e. The van der Waals surface area contributed by atoms with Crippen molar-refractivity contribution >= 4 is 23.4 Å². The molecule has 1 unspecified atom stereocenters. The van der Waals surface area contributed by atoms with Crippen molar-refractivity contribution in [3.8, 4) is 5.75 Å².